The van der Waals surface area contributed by atoms with Crippen LogP contribution >= 0.6 is 11.6 Å². The fourth-order valence-corrected chi connectivity index (χ4v) is 2.35. The second-order valence-corrected chi connectivity index (χ2v) is 6.41. The Hall–Kier alpha value is -2.33. The summed E-state index contributed by atoms with van der Waals surface area (Å²) in [5.41, 5.74) is 4.07. The first kappa shape index (κ1) is 19.0. The average molecular weight is 359 g/mol. The van der Waals surface area contributed by atoms with Gasteiger partial charge >= 0.3 is 5.97 Å². The third-order valence-corrected chi connectivity index (χ3v) is 4.20. The Kier molecular flexibility index (Phi) is 6.59. The zero-order valence-electron chi connectivity index (χ0n) is 15.0. The van der Waals surface area contributed by atoms with Crippen molar-refractivity contribution < 1.29 is 9.53 Å². The molecule has 0 aliphatic rings. The number of esters is 1. The molecule has 0 aliphatic carbocycles. The molecule has 0 atom stereocenters. The highest BCUT2D eigenvalue weighted by Crippen LogP contribution is 2.28. The van der Waals surface area contributed by atoms with E-state index in [1.54, 1.807) is 18.5 Å². The van der Waals surface area contributed by atoms with Crippen molar-refractivity contribution in [1.82, 2.24) is 4.90 Å². The lowest BCUT2D eigenvalue weighted by molar-refractivity contribution is 0.0473. The SMILES string of the molecule is CCN(C)/C=N/c1cc(Cl)c(C(=O)OCc2ccc(C)cc2)cc1C. The van der Waals surface area contributed by atoms with Crippen LogP contribution in [0.15, 0.2) is 41.4 Å². The normalized spacial score (nSPS) is 10.9. The van der Waals surface area contributed by atoms with Crippen LogP contribution in [0.25, 0.3) is 0 Å². The van der Waals surface area contributed by atoms with E-state index >= 15 is 0 Å². The summed E-state index contributed by atoms with van der Waals surface area (Å²) in [4.78, 5) is 18.7. The van der Waals surface area contributed by atoms with E-state index in [-0.39, 0.29) is 6.61 Å². The van der Waals surface area contributed by atoms with Gasteiger partial charge in [-0.2, -0.15) is 0 Å². The number of carbonyl (C=O) groups is 1. The highest BCUT2D eigenvalue weighted by molar-refractivity contribution is 6.33. The lowest BCUT2D eigenvalue weighted by atomic mass is 10.1. The largest absolute Gasteiger partial charge is 0.457 e. The van der Waals surface area contributed by atoms with Crippen molar-refractivity contribution in [3.05, 3.63) is 63.7 Å². The maximum atomic E-state index is 12.3. The molecule has 0 aromatic heterocycles. The minimum atomic E-state index is -0.435. The van der Waals surface area contributed by atoms with E-state index in [2.05, 4.69) is 4.99 Å². The van der Waals surface area contributed by atoms with Crippen LogP contribution in [0.1, 0.15) is 34.0 Å². The Bertz CT molecular complexity index is 770. The molecule has 0 N–H and O–H groups in total. The number of hydrogen-bond donors (Lipinski definition) is 0. The summed E-state index contributed by atoms with van der Waals surface area (Å²) < 4.78 is 5.38. The molecule has 0 spiro atoms. The summed E-state index contributed by atoms with van der Waals surface area (Å²) >= 11 is 6.26. The quantitative estimate of drug-likeness (QED) is 0.418. The molecule has 2 aromatic carbocycles. The van der Waals surface area contributed by atoms with Gasteiger partial charge in [0.1, 0.15) is 6.61 Å². The predicted octanol–water partition coefficient (Wildman–Crippen LogP) is 4.93. The number of aliphatic imine (C=N–C) groups is 1. The van der Waals surface area contributed by atoms with Crippen molar-refractivity contribution in [2.24, 2.45) is 4.99 Å². The van der Waals surface area contributed by atoms with E-state index in [1.807, 2.05) is 57.0 Å². The standard InChI is InChI=1S/C20H23ClN2O2/c1-5-23(4)13-22-19-11-18(21)17(10-15(19)3)20(24)25-12-16-8-6-14(2)7-9-16/h6-11,13H,5,12H2,1-4H3/b22-13+. The van der Waals surface area contributed by atoms with Crippen molar-refractivity contribution in [3.63, 3.8) is 0 Å². The van der Waals surface area contributed by atoms with E-state index < -0.39 is 5.97 Å². The molecule has 0 heterocycles. The Labute approximate surface area is 154 Å². The summed E-state index contributed by atoms with van der Waals surface area (Å²) in [6.45, 7) is 7.03. The van der Waals surface area contributed by atoms with Crippen molar-refractivity contribution >= 4 is 29.6 Å². The fourth-order valence-electron chi connectivity index (χ4n) is 2.12. The summed E-state index contributed by atoms with van der Waals surface area (Å²) in [6.07, 6.45) is 1.74. The van der Waals surface area contributed by atoms with Crippen LogP contribution in [-0.2, 0) is 11.3 Å². The molecular formula is C20H23ClN2O2. The zero-order chi connectivity index (χ0) is 18.4. The summed E-state index contributed by atoms with van der Waals surface area (Å²) in [5.74, 6) is -0.435. The van der Waals surface area contributed by atoms with E-state index in [1.165, 1.54) is 5.56 Å². The van der Waals surface area contributed by atoms with Crippen LogP contribution in [-0.4, -0.2) is 30.8 Å². The van der Waals surface area contributed by atoms with Crippen LogP contribution < -0.4 is 0 Å². The molecule has 132 valence electrons. The van der Waals surface area contributed by atoms with Gasteiger partial charge in [-0.1, -0.05) is 41.4 Å². The van der Waals surface area contributed by atoms with Crippen LogP contribution in [0.4, 0.5) is 5.69 Å². The first-order valence-corrected chi connectivity index (χ1v) is 8.55. The first-order chi connectivity index (χ1) is 11.9. The van der Waals surface area contributed by atoms with Crippen LogP contribution in [0, 0.1) is 13.8 Å². The number of carbonyl (C=O) groups excluding carboxylic acids is 1. The van der Waals surface area contributed by atoms with Gasteiger partial charge in [-0.15, -0.1) is 0 Å². The van der Waals surface area contributed by atoms with E-state index in [9.17, 15) is 4.79 Å². The van der Waals surface area contributed by atoms with E-state index in [4.69, 9.17) is 16.3 Å². The maximum Gasteiger partial charge on any atom is 0.339 e. The average Bonchev–Trinajstić information content (AvgIpc) is 2.61. The second-order valence-electron chi connectivity index (χ2n) is 6.00. The van der Waals surface area contributed by atoms with Gasteiger partial charge in [0.15, 0.2) is 0 Å². The van der Waals surface area contributed by atoms with Gasteiger partial charge in [-0.3, -0.25) is 0 Å². The Morgan fingerprint density at radius 2 is 1.92 bits per heavy atom. The van der Waals surface area contributed by atoms with Gasteiger partial charge in [-0.25, -0.2) is 9.79 Å². The van der Waals surface area contributed by atoms with E-state index in [0.717, 1.165) is 23.4 Å². The number of hydrogen-bond acceptors (Lipinski definition) is 3. The van der Waals surface area contributed by atoms with Gasteiger partial charge in [0.2, 0.25) is 0 Å². The molecule has 2 rings (SSSR count). The lowest BCUT2D eigenvalue weighted by Crippen LogP contribution is -2.14. The maximum absolute atomic E-state index is 12.3. The molecule has 25 heavy (non-hydrogen) atoms. The molecule has 0 saturated carbocycles. The molecular weight excluding hydrogens is 336 g/mol. The number of nitrogens with zero attached hydrogens (tertiary/aromatic N) is 2. The van der Waals surface area contributed by atoms with Gasteiger partial charge < -0.3 is 9.64 Å². The summed E-state index contributed by atoms with van der Waals surface area (Å²) in [6, 6.07) is 11.3. The smallest absolute Gasteiger partial charge is 0.339 e. The Balaban J connectivity index is 2.10. The van der Waals surface area contributed by atoms with Crippen molar-refractivity contribution in [3.8, 4) is 0 Å². The van der Waals surface area contributed by atoms with Crippen molar-refractivity contribution in [2.75, 3.05) is 13.6 Å². The van der Waals surface area contributed by atoms with Crippen LogP contribution in [0.3, 0.4) is 0 Å². The molecule has 0 radical (unpaired) electrons. The molecule has 0 bridgehead atoms. The zero-order valence-corrected chi connectivity index (χ0v) is 15.8. The minimum absolute atomic E-state index is 0.218. The molecule has 0 unspecified atom stereocenters. The Morgan fingerprint density at radius 1 is 1.24 bits per heavy atom. The number of aryl methyl sites for hydroxylation is 2. The second kappa shape index (κ2) is 8.67. The molecule has 2 aromatic rings. The highest BCUT2D eigenvalue weighted by Gasteiger charge is 2.14. The third-order valence-electron chi connectivity index (χ3n) is 3.89. The molecule has 0 aliphatic heterocycles. The first-order valence-electron chi connectivity index (χ1n) is 8.18. The van der Waals surface area contributed by atoms with Gasteiger partial charge in [-0.05, 0) is 44.0 Å². The highest BCUT2D eigenvalue weighted by atomic mass is 35.5. The van der Waals surface area contributed by atoms with Gasteiger partial charge in [0.05, 0.1) is 22.6 Å². The minimum Gasteiger partial charge on any atom is -0.457 e. The predicted molar refractivity (Wildman–Crippen MR) is 103 cm³/mol. The van der Waals surface area contributed by atoms with E-state index in [0.29, 0.717) is 10.6 Å². The van der Waals surface area contributed by atoms with Crippen LogP contribution in [0.2, 0.25) is 5.02 Å². The third kappa shape index (κ3) is 5.33. The summed E-state index contributed by atoms with van der Waals surface area (Å²) in [7, 11) is 1.94. The Morgan fingerprint density at radius 3 is 2.56 bits per heavy atom. The molecule has 0 fully saturated rings. The number of benzene rings is 2. The number of halogens is 1. The van der Waals surface area contributed by atoms with Gasteiger partial charge in [0, 0.05) is 13.6 Å². The van der Waals surface area contributed by atoms with Crippen molar-refractivity contribution in [1.29, 1.82) is 0 Å². The monoisotopic (exact) mass is 358 g/mol. The van der Waals surface area contributed by atoms with Crippen molar-refractivity contribution in [2.45, 2.75) is 27.4 Å². The number of rotatable bonds is 6. The van der Waals surface area contributed by atoms with Crippen LogP contribution in [0.5, 0.6) is 0 Å². The number of ether oxygens (including phenoxy) is 1. The summed E-state index contributed by atoms with van der Waals surface area (Å²) in [5, 5.41) is 0.339. The topological polar surface area (TPSA) is 41.9 Å². The molecule has 0 amide bonds. The molecule has 4 nitrogen and oxygen atoms in total. The molecule has 0 saturated heterocycles. The lowest BCUT2D eigenvalue weighted by Gasteiger charge is -2.11. The van der Waals surface area contributed by atoms with Gasteiger partial charge in [0.25, 0.3) is 0 Å². The molecule has 5 heteroatoms. The fraction of sp³-hybridized carbons (Fsp3) is 0.300.